The van der Waals surface area contributed by atoms with Gasteiger partial charge in [0, 0.05) is 30.5 Å². The van der Waals surface area contributed by atoms with Gasteiger partial charge >= 0.3 is 17.9 Å². The van der Waals surface area contributed by atoms with Crippen LogP contribution < -0.4 is 0 Å². The molecular weight excluding hydrogens is 382 g/mol. The Morgan fingerprint density at radius 3 is 2.55 bits per heavy atom. The normalized spacial score (nSPS) is 20.9. The van der Waals surface area contributed by atoms with Gasteiger partial charge in [-0.3, -0.25) is 10.1 Å². The number of cyclic esters (lactones) is 1. The molecule has 0 aromatic heterocycles. The second kappa shape index (κ2) is 8.68. The van der Waals surface area contributed by atoms with Crippen LogP contribution in [0.25, 0.3) is 0 Å². The van der Waals surface area contributed by atoms with Crippen molar-refractivity contribution in [3.63, 3.8) is 0 Å². The molecule has 0 saturated heterocycles. The highest BCUT2D eigenvalue weighted by Crippen LogP contribution is 2.37. The molecule has 0 amide bonds. The van der Waals surface area contributed by atoms with Crippen molar-refractivity contribution in [2.45, 2.75) is 32.3 Å². The first-order valence-electron chi connectivity index (χ1n) is 9.16. The highest BCUT2D eigenvalue weighted by atomic mass is 16.6. The highest BCUT2D eigenvalue weighted by molar-refractivity contribution is 5.94. The molecule has 0 radical (unpaired) electrons. The standard InChI is InChI=1S/C20H19NO8/c1-2-27-20(24)18-14(15-10-11-17(22)28-15)4-3-5-16(18)29-19(23)12-6-8-13(9-7-12)21(25)26/h6-11,14-15H,2-5H2,1H3/t14-,15-/m1/s1. The topological polar surface area (TPSA) is 122 Å². The van der Waals surface area contributed by atoms with Crippen molar-refractivity contribution >= 4 is 23.6 Å². The van der Waals surface area contributed by atoms with Crippen LogP contribution in [0.5, 0.6) is 0 Å². The first kappa shape index (κ1) is 20.2. The van der Waals surface area contributed by atoms with E-state index in [0.29, 0.717) is 19.3 Å². The van der Waals surface area contributed by atoms with E-state index in [-0.39, 0.29) is 29.2 Å². The number of esters is 3. The number of carbonyl (C=O) groups is 3. The van der Waals surface area contributed by atoms with Crippen LogP contribution in [0.4, 0.5) is 5.69 Å². The highest BCUT2D eigenvalue weighted by Gasteiger charge is 2.38. The Morgan fingerprint density at radius 2 is 1.97 bits per heavy atom. The summed E-state index contributed by atoms with van der Waals surface area (Å²) in [7, 11) is 0. The van der Waals surface area contributed by atoms with Crippen LogP contribution >= 0.6 is 0 Å². The number of benzene rings is 1. The van der Waals surface area contributed by atoms with E-state index in [2.05, 4.69) is 0 Å². The zero-order chi connectivity index (χ0) is 21.0. The van der Waals surface area contributed by atoms with E-state index >= 15 is 0 Å². The quantitative estimate of drug-likeness (QED) is 0.309. The number of nitro groups is 1. The summed E-state index contributed by atoms with van der Waals surface area (Å²) in [5.74, 6) is -2.17. The maximum Gasteiger partial charge on any atom is 0.343 e. The van der Waals surface area contributed by atoms with Crippen molar-refractivity contribution in [1.82, 2.24) is 0 Å². The molecule has 0 bridgehead atoms. The molecule has 0 spiro atoms. The van der Waals surface area contributed by atoms with Crippen molar-refractivity contribution in [1.29, 1.82) is 0 Å². The van der Waals surface area contributed by atoms with Crippen molar-refractivity contribution in [3.8, 4) is 0 Å². The van der Waals surface area contributed by atoms with Crippen molar-refractivity contribution < 1.29 is 33.5 Å². The lowest BCUT2D eigenvalue weighted by Crippen LogP contribution is -2.31. The van der Waals surface area contributed by atoms with Crippen LogP contribution in [-0.2, 0) is 23.8 Å². The molecule has 0 N–H and O–H groups in total. The molecule has 1 aliphatic carbocycles. The predicted octanol–water partition coefficient (Wildman–Crippen LogP) is 2.85. The second-order valence-corrected chi connectivity index (χ2v) is 6.51. The maximum atomic E-state index is 12.6. The first-order chi connectivity index (χ1) is 13.9. The van der Waals surface area contributed by atoms with Crippen LogP contribution in [0.3, 0.4) is 0 Å². The minimum atomic E-state index is -0.740. The number of hydrogen-bond donors (Lipinski definition) is 0. The molecule has 1 heterocycles. The Hall–Kier alpha value is -3.49. The summed E-state index contributed by atoms with van der Waals surface area (Å²) in [6.07, 6.45) is 3.77. The number of hydrogen-bond acceptors (Lipinski definition) is 8. The van der Waals surface area contributed by atoms with Gasteiger partial charge in [-0.15, -0.1) is 0 Å². The fourth-order valence-corrected chi connectivity index (χ4v) is 3.37. The lowest BCUT2D eigenvalue weighted by atomic mass is 9.82. The minimum Gasteiger partial charge on any atom is -0.463 e. The number of allylic oxidation sites excluding steroid dienone is 1. The summed E-state index contributed by atoms with van der Waals surface area (Å²) in [6.45, 7) is 1.80. The average molecular weight is 401 g/mol. The number of nitro benzene ring substituents is 1. The summed E-state index contributed by atoms with van der Waals surface area (Å²) in [5.41, 5.74) is 0.138. The molecule has 9 nitrogen and oxygen atoms in total. The van der Waals surface area contributed by atoms with Crippen LogP contribution in [-0.4, -0.2) is 35.5 Å². The molecule has 2 atom stereocenters. The van der Waals surface area contributed by atoms with Crippen LogP contribution in [0.2, 0.25) is 0 Å². The molecule has 1 aromatic rings. The third-order valence-electron chi connectivity index (χ3n) is 4.69. The lowest BCUT2D eigenvalue weighted by molar-refractivity contribution is -0.384. The lowest BCUT2D eigenvalue weighted by Gasteiger charge is -2.29. The molecular formula is C20H19NO8. The average Bonchev–Trinajstić information content (AvgIpc) is 3.14. The number of rotatable bonds is 6. The van der Waals surface area contributed by atoms with Gasteiger partial charge in [-0.2, -0.15) is 0 Å². The predicted molar refractivity (Wildman–Crippen MR) is 98.5 cm³/mol. The fourth-order valence-electron chi connectivity index (χ4n) is 3.37. The molecule has 0 saturated carbocycles. The minimum absolute atomic E-state index is 0.112. The molecule has 1 aliphatic heterocycles. The Bertz CT molecular complexity index is 900. The Morgan fingerprint density at radius 1 is 1.24 bits per heavy atom. The van der Waals surface area contributed by atoms with E-state index in [1.807, 2.05) is 0 Å². The van der Waals surface area contributed by atoms with Crippen molar-refractivity contribution in [2.24, 2.45) is 5.92 Å². The Labute approximate surface area is 166 Å². The van der Waals surface area contributed by atoms with Gasteiger partial charge in [-0.1, -0.05) is 0 Å². The van der Waals surface area contributed by atoms with Crippen LogP contribution in [0, 0.1) is 16.0 Å². The van der Waals surface area contributed by atoms with E-state index in [9.17, 15) is 24.5 Å². The molecule has 0 unspecified atom stereocenters. The molecule has 2 aliphatic rings. The Balaban J connectivity index is 1.88. The fraction of sp³-hybridized carbons (Fsp3) is 0.350. The zero-order valence-corrected chi connectivity index (χ0v) is 15.7. The van der Waals surface area contributed by atoms with E-state index in [0.717, 1.165) is 0 Å². The molecule has 0 fully saturated rings. The summed E-state index contributed by atoms with van der Waals surface area (Å²) < 4.78 is 15.8. The monoisotopic (exact) mass is 401 g/mol. The third kappa shape index (κ3) is 4.50. The third-order valence-corrected chi connectivity index (χ3v) is 4.69. The van der Waals surface area contributed by atoms with Crippen molar-refractivity contribution in [2.75, 3.05) is 6.61 Å². The van der Waals surface area contributed by atoms with Gasteiger partial charge < -0.3 is 14.2 Å². The van der Waals surface area contributed by atoms with Gasteiger partial charge in [-0.25, -0.2) is 14.4 Å². The van der Waals surface area contributed by atoms with Crippen molar-refractivity contribution in [3.05, 3.63) is 63.4 Å². The van der Waals surface area contributed by atoms with Gasteiger partial charge in [-0.05, 0) is 38.0 Å². The summed E-state index contributed by atoms with van der Waals surface area (Å²) in [5, 5.41) is 10.8. The van der Waals surface area contributed by atoms with Gasteiger partial charge in [0.05, 0.1) is 22.7 Å². The summed E-state index contributed by atoms with van der Waals surface area (Å²) in [4.78, 5) is 46.7. The summed E-state index contributed by atoms with van der Waals surface area (Å²) >= 11 is 0. The van der Waals surface area contributed by atoms with Gasteiger partial charge in [0.1, 0.15) is 11.9 Å². The van der Waals surface area contributed by atoms with E-state index in [1.54, 1.807) is 13.0 Å². The molecule has 29 heavy (non-hydrogen) atoms. The Kier molecular flexibility index (Phi) is 6.06. The van der Waals surface area contributed by atoms with Gasteiger partial charge in [0.15, 0.2) is 0 Å². The first-order valence-corrected chi connectivity index (χ1v) is 9.16. The second-order valence-electron chi connectivity index (χ2n) is 6.51. The maximum absolute atomic E-state index is 12.6. The van der Waals surface area contributed by atoms with Crippen LogP contribution in [0.1, 0.15) is 36.5 Å². The zero-order valence-electron chi connectivity index (χ0n) is 15.7. The number of non-ortho nitro benzene ring substituents is 1. The SMILES string of the molecule is CCOC(=O)C1=C(OC(=O)c2ccc([N+](=O)[O-])cc2)CCC[C@@H]1[C@H]1C=CC(=O)O1. The molecule has 1 aromatic carbocycles. The van der Waals surface area contributed by atoms with E-state index < -0.39 is 34.9 Å². The van der Waals surface area contributed by atoms with Crippen LogP contribution in [0.15, 0.2) is 47.7 Å². The van der Waals surface area contributed by atoms with Gasteiger partial charge in [0.2, 0.25) is 0 Å². The number of ether oxygens (including phenoxy) is 3. The molecule has 9 heteroatoms. The van der Waals surface area contributed by atoms with E-state index in [1.165, 1.54) is 30.3 Å². The molecule has 3 rings (SSSR count). The summed E-state index contributed by atoms with van der Waals surface area (Å²) in [6, 6.07) is 4.97. The van der Waals surface area contributed by atoms with Gasteiger partial charge in [0.25, 0.3) is 5.69 Å². The number of nitrogens with zero attached hydrogens (tertiary/aromatic N) is 1. The molecule has 152 valence electrons. The smallest absolute Gasteiger partial charge is 0.343 e. The largest absolute Gasteiger partial charge is 0.463 e. The van der Waals surface area contributed by atoms with E-state index in [4.69, 9.17) is 14.2 Å². The number of carbonyl (C=O) groups excluding carboxylic acids is 3.